The van der Waals surface area contributed by atoms with E-state index in [0.717, 1.165) is 29.0 Å². The maximum Gasteiger partial charge on any atom is 0.324 e. The number of halogens is 1. The van der Waals surface area contributed by atoms with Gasteiger partial charge in [-0.1, -0.05) is 50.4 Å². The van der Waals surface area contributed by atoms with Crippen LogP contribution in [0.4, 0.5) is 4.79 Å². The Morgan fingerprint density at radius 2 is 2.03 bits per heavy atom. The minimum absolute atomic E-state index is 0.0480. The lowest BCUT2D eigenvalue weighted by Gasteiger charge is -2.28. The third kappa shape index (κ3) is 5.48. The normalized spacial score (nSPS) is 17.8. The van der Waals surface area contributed by atoms with Gasteiger partial charge in [0.05, 0.1) is 24.2 Å². The predicted octanol–water partition coefficient (Wildman–Crippen LogP) is 3.43. The molecule has 1 aliphatic rings. The van der Waals surface area contributed by atoms with Crippen molar-refractivity contribution in [1.29, 1.82) is 0 Å². The first-order chi connectivity index (χ1) is 15.3. The van der Waals surface area contributed by atoms with Crippen molar-refractivity contribution in [3.8, 4) is 0 Å². The SMILES string of the molecule is CCC(CC)C(NC(=O)[C@H]1CNC(=O)N(Cc2ccnn2C)C(=O)C1)c1cccc(Cl)c1. The quantitative estimate of drug-likeness (QED) is 0.632. The van der Waals surface area contributed by atoms with Gasteiger partial charge in [-0.25, -0.2) is 4.79 Å². The molecule has 0 radical (unpaired) electrons. The molecule has 2 atom stereocenters. The summed E-state index contributed by atoms with van der Waals surface area (Å²) in [5.41, 5.74) is 1.66. The predicted molar refractivity (Wildman–Crippen MR) is 122 cm³/mol. The third-order valence-corrected chi connectivity index (χ3v) is 6.34. The number of nitrogens with one attached hydrogen (secondary N) is 2. The molecule has 2 N–H and O–H groups in total. The standard InChI is InChI=1S/C23H30ClN5O3/c1-4-15(5-2)21(16-7-6-8-18(24)11-16)27-22(31)17-12-20(30)29(23(32)25-13-17)14-19-9-10-26-28(19)3/h6-11,15,17,21H,4-5,12-14H2,1-3H3,(H,25,32)(H,27,31)/t17-,21?/m1/s1. The van der Waals surface area contributed by atoms with Crippen LogP contribution in [0.1, 0.15) is 50.4 Å². The number of hydrogen-bond donors (Lipinski definition) is 2. The van der Waals surface area contributed by atoms with E-state index in [1.807, 2.05) is 18.2 Å². The highest BCUT2D eigenvalue weighted by Crippen LogP contribution is 2.29. The molecule has 9 heteroatoms. The number of carbonyl (C=O) groups excluding carboxylic acids is 3. The Morgan fingerprint density at radius 3 is 2.66 bits per heavy atom. The van der Waals surface area contributed by atoms with E-state index < -0.39 is 11.9 Å². The average molecular weight is 460 g/mol. The van der Waals surface area contributed by atoms with Crippen LogP contribution in [0.5, 0.6) is 0 Å². The summed E-state index contributed by atoms with van der Waals surface area (Å²) in [6.45, 7) is 4.38. The molecule has 2 heterocycles. The molecule has 0 bridgehead atoms. The number of hydrogen-bond acceptors (Lipinski definition) is 4. The van der Waals surface area contributed by atoms with Crippen LogP contribution in [0.2, 0.25) is 5.02 Å². The molecule has 2 aromatic rings. The highest BCUT2D eigenvalue weighted by molar-refractivity contribution is 6.30. The van der Waals surface area contributed by atoms with Crippen molar-refractivity contribution < 1.29 is 14.4 Å². The Hall–Kier alpha value is -2.87. The fraction of sp³-hybridized carbons (Fsp3) is 0.478. The molecule has 4 amide bonds. The summed E-state index contributed by atoms with van der Waals surface area (Å²) in [4.78, 5) is 39.7. The van der Waals surface area contributed by atoms with Crippen LogP contribution in [0, 0.1) is 11.8 Å². The van der Waals surface area contributed by atoms with Gasteiger partial charge in [0, 0.05) is 31.2 Å². The second-order valence-corrected chi connectivity index (χ2v) is 8.57. The Bertz CT molecular complexity index is 972. The van der Waals surface area contributed by atoms with Crippen molar-refractivity contribution in [2.75, 3.05) is 6.54 Å². The van der Waals surface area contributed by atoms with E-state index in [1.165, 1.54) is 0 Å². The molecule has 1 aromatic heterocycles. The molecule has 1 unspecified atom stereocenters. The summed E-state index contributed by atoms with van der Waals surface area (Å²) in [5.74, 6) is -1.07. The first-order valence-electron chi connectivity index (χ1n) is 10.9. The fourth-order valence-electron chi connectivity index (χ4n) is 4.08. The maximum absolute atomic E-state index is 13.2. The average Bonchev–Trinajstić information content (AvgIpc) is 3.12. The highest BCUT2D eigenvalue weighted by atomic mass is 35.5. The van der Waals surface area contributed by atoms with Crippen LogP contribution in [0.25, 0.3) is 0 Å². The molecule has 0 saturated carbocycles. The van der Waals surface area contributed by atoms with Crippen molar-refractivity contribution in [1.82, 2.24) is 25.3 Å². The van der Waals surface area contributed by atoms with E-state index in [1.54, 1.807) is 30.1 Å². The number of carbonyl (C=O) groups is 3. The van der Waals surface area contributed by atoms with Crippen LogP contribution in [0.15, 0.2) is 36.5 Å². The molecule has 0 spiro atoms. The lowest BCUT2D eigenvalue weighted by Crippen LogP contribution is -2.42. The summed E-state index contributed by atoms with van der Waals surface area (Å²) < 4.78 is 1.61. The zero-order chi connectivity index (χ0) is 23.3. The van der Waals surface area contributed by atoms with Crippen LogP contribution in [-0.4, -0.2) is 39.1 Å². The summed E-state index contributed by atoms with van der Waals surface area (Å²) in [5, 5.41) is 10.5. The van der Waals surface area contributed by atoms with Crippen LogP contribution in [0.3, 0.4) is 0 Å². The number of aromatic nitrogens is 2. The van der Waals surface area contributed by atoms with E-state index in [9.17, 15) is 14.4 Å². The summed E-state index contributed by atoms with van der Waals surface area (Å²) in [7, 11) is 1.75. The number of amides is 4. The number of benzene rings is 1. The lowest BCUT2D eigenvalue weighted by molar-refractivity contribution is -0.134. The molecule has 1 fully saturated rings. The van der Waals surface area contributed by atoms with Crippen molar-refractivity contribution in [2.24, 2.45) is 18.9 Å². The zero-order valence-corrected chi connectivity index (χ0v) is 19.4. The molecule has 1 saturated heterocycles. The first-order valence-corrected chi connectivity index (χ1v) is 11.3. The monoisotopic (exact) mass is 459 g/mol. The Morgan fingerprint density at radius 1 is 1.28 bits per heavy atom. The molecule has 1 aromatic carbocycles. The zero-order valence-electron chi connectivity index (χ0n) is 18.7. The molecule has 172 valence electrons. The largest absolute Gasteiger partial charge is 0.349 e. The van der Waals surface area contributed by atoms with Crippen LogP contribution < -0.4 is 10.6 Å². The van der Waals surface area contributed by atoms with Crippen molar-refractivity contribution in [3.05, 3.63) is 52.8 Å². The lowest BCUT2D eigenvalue weighted by atomic mass is 9.88. The minimum atomic E-state index is -0.654. The van der Waals surface area contributed by atoms with Gasteiger partial charge >= 0.3 is 6.03 Å². The highest BCUT2D eigenvalue weighted by Gasteiger charge is 2.34. The number of nitrogens with zero attached hydrogens (tertiary/aromatic N) is 3. The Labute approximate surface area is 193 Å². The number of urea groups is 1. The maximum atomic E-state index is 13.2. The molecule has 3 rings (SSSR count). The van der Waals surface area contributed by atoms with Gasteiger partial charge in [-0.3, -0.25) is 19.2 Å². The van der Waals surface area contributed by atoms with E-state index in [4.69, 9.17) is 11.6 Å². The summed E-state index contributed by atoms with van der Waals surface area (Å²) in [6.07, 6.45) is 3.33. The van der Waals surface area contributed by atoms with Crippen LogP contribution in [-0.2, 0) is 23.2 Å². The molecular weight excluding hydrogens is 430 g/mol. The van der Waals surface area contributed by atoms with E-state index in [0.29, 0.717) is 5.02 Å². The summed E-state index contributed by atoms with van der Waals surface area (Å²) >= 11 is 6.19. The van der Waals surface area contributed by atoms with Crippen molar-refractivity contribution in [3.63, 3.8) is 0 Å². The first kappa shape index (κ1) is 23.8. The molecule has 8 nitrogen and oxygen atoms in total. The molecule has 0 aliphatic carbocycles. The van der Waals surface area contributed by atoms with Gasteiger partial charge < -0.3 is 10.6 Å². The Balaban J connectivity index is 1.75. The van der Waals surface area contributed by atoms with Gasteiger partial charge in [0.2, 0.25) is 11.8 Å². The van der Waals surface area contributed by atoms with E-state index >= 15 is 0 Å². The van der Waals surface area contributed by atoms with Gasteiger partial charge in [-0.05, 0) is 29.7 Å². The Kier molecular flexibility index (Phi) is 7.90. The smallest absolute Gasteiger partial charge is 0.324 e. The van der Waals surface area contributed by atoms with Gasteiger partial charge in [0.25, 0.3) is 0 Å². The number of imide groups is 1. The topological polar surface area (TPSA) is 96.3 Å². The van der Waals surface area contributed by atoms with Crippen molar-refractivity contribution in [2.45, 2.75) is 45.7 Å². The van der Waals surface area contributed by atoms with Gasteiger partial charge in [-0.15, -0.1) is 0 Å². The second kappa shape index (κ2) is 10.6. The number of aryl methyl sites for hydroxylation is 1. The van der Waals surface area contributed by atoms with Gasteiger partial charge in [-0.2, -0.15) is 5.10 Å². The minimum Gasteiger partial charge on any atom is -0.349 e. The summed E-state index contributed by atoms with van der Waals surface area (Å²) in [6, 6.07) is 8.50. The molecule has 1 aliphatic heterocycles. The molecular formula is C23H30ClN5O3. The number of rotatable bonds is 8. The third-order valence-electron chi connectivity index (χ3n) is 6.11. The molecule has 32 heavy (non-hydrogen) atoms. The van der Waals surface area contributed by atoms with E-state index in [-0.39, 0.29) is 43.3 Å². The van der Waals surface area contributed by atoms with Crippen molar-refractivity contribution >= 4 is 29.4 Å². The fourth-order valence-corrected chi connectivity index (χ4v) is 4.28. The van der Waals surface area contributed by atoms with Gasteiger partial charge in [0.15, 0.2) is 0 Å². The second-order valence-electron chi connectivity index (χ2n) is 8.13. The van der Waals surface area contributed by atoms with Gasteiger partial charge in [0.1, 0.15) is 0 Å². The van der Waals surface area contributed by atoms with Crippen LogP contribution >= 0.6 is 11.6 Å². The van der Waals surface area contributed by atoms with E-state index in [2.05, 4.69) is 29.6 Å².